The third-order valence-corrected chi connectivity index (χ3v) is 13.2. The smallest absolute Gasteiger partial charge is 0.168 e. The van der Waals surface area contributed by atoms with E-state index in [-0.39, 0.29) is 10.2 Å². The molecule has 7 aromatic rings. The van der Waals surface area contributed by atoms with Gasteiger partial charge in [-0.3, -0.25) is 0 Å². The van der Waals surface area contributed by atoms with Gasteiger partial charge in [0.15, 0.2) is 0 Å². The van der Waals surface area contributed by atoms with Crippen molar-refractivity contribution >= 4 is 47.1 Å². The lowest BCUT2D eigenvalue weighted by molar-refractivity contribution is -0.0498. The lowest BCUT2D eigenvalue weighted by atomic mass is 9.89. The summed E-state index contributed by atoms with van der Waals surface area (Å²) in [6.45, 7) is 4.03. The second-order valence-corrected chi connectivity index (χ2v) is 19.9. The molecule has 0 radical (unpaired) electrons. The normalized spacial score (nSPS) is 12.0. The third-order valence-electron chi connectivity index (χ3n) is 10.7. The van der Waals surface area contributed by atoms with Crippen molar-refractivity contribution in [1.82, 2.24) is 0 Å². The highest BCUT2D eigenvalue weighted by molar-refractivity contribution is 7.75. The van der Waals surface area contributed by atoms with Crippen molar-refractivity contribution in [2.24, 2.45) is 0 Å². The number of halogens is 7. The molecule has 0 N–H and O–H groups in total. The summed E-state index contributed by atoms with van der Waals surface area (Å²) in [5, 5.41) is -6.78. The van der Waals surface area contributed by atoms with Gasteiger partial charge in [0.2, 0.25) is 0 Å². The van der Waals surface area contributed by atoms with Crippen molar-refractivity contribution in [3.05, 3.63) is 212 Å². The second kappa shape index (κ2) is 18.2. The fourth-order valence-electron chi connectivity index (χ4n) is 8.00. The van der Waals surface area contributed by atoms with Crippen LogP contribution in [0.2, 0.25) is 0 Å². The average Bonchev–Trinajstić information content (AvgIpc) is 3.34. The molecule has 0 atom stereocenters. The van der Waals surface area contributed by atoms with E-state index in [9.17, 15) is 0 Å². The quantitative estimate of drug-likeness (QED) is 0.0388. The summed E-state index contributed by atoms with van der Waals surface area (Å²) >= 11 is 0. The van der Waals surface area contributed by atoms with Crippen LogP contribution < -0.4 is 35.9 Å². The number of hydrogen-bond acceptors (Lipinski definition) is 7. The molecule has 7 aromatic carbocycles. The van der Waals surface area contributed by atoms with Crippen LogP contribution in [0.3, 0.4) is 0 Å². The largest absolute Gasteiger partial charge is 0.330 e. The minimum Gasteiger partial charge on any atom is -0.168 e. The monoisotopic (exact) mass is 882 g/mol. The number of rotatable bonds is 17. The minimum absolute atomic E-state index is 0.246. The lowest BCUT2D eigenvalue weighted by Gasteiger charge is -2.65. The molecule has 0 fully saturated rings. The van der Waals surface area contributed by atoms with Gasteiger partial charge in [-0.15, -0.1) is 10.2 Å². The van der Waals surface area contributed by atoms with Crippen LogP contribution in [0.5, 0.6) is 0 Å². The summed E-state index contributed by atoms with van der Waals surface area (Å²) in [6.07, 6.45) is 0. The van der Waals surface area contributed by atoms with E-state index in [0.29, 0.717) is 0 Å². The van der Waals surface area contributed by atoms with E-state index in [1.54, 1.807) is 0 Å². The predicted octanol–water partition coefficient (Wildman–Crippen LogP) is 13.6. The molecule has 0 amide bonds. The Morgan fingerprint density at radius 2 is 0.444 bits per heavy atom. The van der Waals surface area contributed by atoms with E-state index in [2.05, 4.69) is 0 Å². The van der Waals surface area contributed by atoms with Gasteiger partial charge in [-0.2, -0.15) is 25.6 Å². The second-order valence-electron chi connectivity index (χ2n) is 15.3. The van der Waals surface area contributed by atoms with Gasteiger partial charge in [0.05, 0.1) is 67.1 Å². The van der Waals surface area contributed by atoms with Crippen LogP contribution in [-0.2, 0) is 0 Å². The Hall–Kier alpha value is -6.92. The fourth-order valence-corrected chi connectivity index (χ4v) is 10.5. The number of benzene rings is 7. The van der Waals surface area contributed by atoms with Crippen molar-refractivity contribution in [3.8, 4) is 0 Å². The van der Waals surface area contributed by atoms with Crippen molar-refractivity contribution < 1.29 is 31.4 Å². The summed E-state index contributed by atoms with van der Waals surface area (Å²) in [7, 11) is -4.10. The molecule has 0 unspecified atom stereocenters. The van der Waals surface area contributed by atoms with Crippen LogP contribution in [0.15, 0.2) is 212 Å². The van der Waals surface area contributed by atoms with Crippen LogP contribution in [0.25, 0.3) is 0 Å². The molecule has 0 saturated heterocycles. The van der Waals surface area contributed by atoms with Crippen molar-refractivity contribution in [3.63, 3.8) is 0 Å². The van der Waals surface area contributed by atoms with Gasteiger partial charge in [0.1, 0.15) is 0 Å². The van der Waals surface area contributed by atoms with Crippen LogP contribution in [0, 0.1) is 0 Å². The molecule has 0 saturated carbocycles. The number of hydrogen-bond donors (Lipinski definition) is 0. The summed E-state index contributed by atoms with van der Waals surface area (Å²) in [5.74, 6) is -4.42. The molecular weight excluding hydrogens is 839 g/mol. The van der Waals surface area contributed by atoms with Gasteiger partial charge < -0.3 is 0 Å². The van der Waals surface area contributed by atoms with Crippen LogP contribution in [-0.4, -0.2) is 36.8 Å². The van der Waals surface area contributed by atoms with Gasteiger partial charge in [0, 0.05) is 0 Å². The minimum atomic E-state index is -4.42. The highest BCUT2D eigenvalue weighted by Crippen LogP contribution is 2.74. The van der Waals surface area contributed by atoms with Gasteiger partial charge in [-0.05, 0) is 84.9 Å². The van der Waals surface area contributed by atoms with Crippen LogP contribution in [0.4, 0.5) is 71.2 Å². The van der Waals surface area contributed by atoms with E-state index in [4.69, 9.17) is 0 Å². The van der Waals surface area contributed by atoms with Gasteiger partial charge in [-0.25, -0.2) is 0 Å². The number of nitrogens with zero attached hydrogens (tertiary/aromatic N) is 7. The molecule has 0 bridgehead atoms. The Morgan fingerprint density at radius 3 is 0.635 bits per heavy atom. The van der Waals surface area contributed by atoms with E-state index in [1.807, 2.05) is 0 Å². The maximum Gasteiger partial charge on any atom is 0.330 e. The average molecular weight is 883 g/mol. The molecule has 15 heteroatoms. The molecule has 0 aliphatic rings. The molecule has 0 spiro atoms. The van der Waals surface area contributed by atoms with E-state index in [0.717, 1.165) is 60.7 Å². The molecule has 7 nitrogen and oxygen atoms in total. The van der Waals surface area contributed by atoms with Gasteiger partial charge in [0.25, 0.3) is 0 Å². The molecule has 0 aliphatic carbocycles. The highest BCUT2D eigenvalue weighted by atomic mass is 31.2. The van der Waals surface area contributed by atoms with E-state index < -0.39 is 89.5 Å². The first-order chi connectivity index (χ1) is 30.4. The SMILES string of the molecule is C[P+](C)(C)C(N(F)c1ccccc1)(N(F)c1ccccc1)C(N(F)c1ccccc1)(N(F)c1ccccc1)C(N(F)c1ccccc1)(N(F)c1ccccc1)N(F)c1ccccc1. The zero-order chi connectivity index (χ0) is 44.8. The van der Waals surface area contributed by atoms with E-state index in [1.165, 1.54) is 172 Å². The number of para-hydroxylation sites is 7. The number of anilines is 7. The van der Waals surface area contributed by atoms with Crippen LogP contribution >= 0.6 is 7.26 Å². The topological polar surface area (TPSA) is 22.7 Å². The van der Waals surface area contributed by atoms with Crippen LogP contribution in [0.1, 0.15) is 0 Å². The Labute approximate surface area is 362 Å². The molecule has 63 heavy (non-hydrogen) atoms. The van der Waals surface area contributed by atoms with Crippen molar-refractivity contribution in [2.75, 3.05) is 55.8 Å². The molecule has 0 heterocycles. The maximum atomic E-state index is 19.9. The first-order valence-corrected chi connectivity index (χ1v) is 22.9. The standard InChI is InChI=1S/C48H44F7N7P/c1-63(2,3)48(61(54)44-35-21-9-22-36-44,62(55)45-37-23-10-24-38-45)46(56(49)39-25-11-4-12-26-39,57(50)40-27-13-5-14-28-40)47(58(51)41-29-15-6-16-30-41,59(52)42-31-17-7-18-32-42)60(53)43-33-19-8-20-34-43/h4-38H,1-3H3/q+1. The zero-order valence-corrected chi connectivity index (χ0v) is 35.3. The van der Waals surface area contributed by atoms with Crippen molar-refractivity contribution in [1.29, 1.82) is 0 Å². The summed E-state index contributed by atoms with van der Waals surface area (Å²) in [6, 6.07) is 45.3. The van der Waals surface area contributed by atoms with E-state index >= 15 is 31.4 Å². The predicted molar refractivity (Wildman–Crippen MR) is 243 cm³/mol. The first-order valence-electron chi connectivity index (χ1n) is 19.8. The third kappa shape index (κ3) is 7.27. The van der Waals surface area contributed by atoms with Gasteiger partial charge >= 0.3 is 16.9 Å². The first kappa shape index (κ1) is 44.1. The summed E-state index contributed by atoms with van der Waals surface area (Å²) < 4.78 is 137. The Kier molecular flexibility index (Phi) is 12.8. The van der Waals surface area contributed by atoms with Gasteiger partial charge in [-0.1, -0.05) is 159 Å². The fraction of sp³-hybridized carbons (Fsp3) is 0.125. The highest BCUT2D eigenvalue weighted by Gasteiger charge is 2.91. The molecule has 324 valence electrons. The maximum absolute atomic E-state index is 19.9. The summed E-state index contributed by atoms with van der Waals surface area (Å²) in [5.41, 5.74) is -8.77. The molecule has 0 aliphatic heterocycles. The summed E-state index contributed by atoms with van der Waals surface area (Å²) in [4.78, 5) is 0. The Bertz CT molecular complexity index is 2280. The Balaban J connectivity index is 1.88. The zero-order valence-electron chi connectivity index (χ0n) is 34.4. The Morgan fingerprint density at radius 1 is 0.270 bits per heavy atom. The van der Waals surface area contributed by atoms with Crippen molar-refractivity contribution in [2.45, 2.75) is 16.9 Å². The molecule has 7 rings (SSSR count). The molecular formula is C48H44F7N7P+. The lowest BCUT2D eigenvalue weighted by Crippen LogP contribution is -2.94. The molecule has 0 aromatic heterocycles.